The topological polar surface area (TPSA) is 26.3 Å². The van der Waals surface area contributed by atoms with Crippen molar-refractivity contribution in [2.45, 2.75) is 20.3 Å². The SMILES string of the molecule is Bc1ccccc1C/C(C)=C/C(=O)OCC. The maximum Gasteiger partial charge on any atom is 0.330 e. The van der Waals surface area contributed by atoms with E-state index < -0.39 is 0 Å². The Balaban J connectivity index is 2.67. The van der Waals surface area contributed by atoms with E-state index in [9.17, 15) is 4.79 Å². The zero-order valence-corrected chi connectivity index (χ0v) is 10.1. The van der Waals surface area contributed by atoms with Crippen molar-refractivity contribution in [3.63, 3.8) is 0 Å². The number of allylic oxidation sites excluding steroid dienone is 1. The molecule has 0 aliphatic rings. The number of ether oxygens (including phenoxy) is 1. The standard InChI is InChI=1S/C13H17BO2/c1-3-16-13(15)9-10(2)8-11-6-4-5-7-12(11)14/h4-7,9H,3,8,14H2,1-2H3/b10-9+. The van der Waals surface area contributed by atoms with Gasteiger partial charge in [-0.3, -0.25) is 0 Å². The van der Waals surface area contributed by atoms with Gasteiger partial charge in [-0.15, -0.1) is 0 Å². The normalized spacial score (nSPS) is 11.2. The number of esters is 1. The molecule has 84 valence electrons. The summed E-state index contributed by atoms with van der Waals surface area (Å²) < 4.78 is 4.87. The van der Waals surface area contributed by atoms with Crippen LogP contribution in [-0.2, 0) is 16.0 Å². The van der Waals surface area contributed by atoms with Gasteiger partial charge in [-0.2, -0.15) is 0 Å². The van der Waals surface area contributed by atoms with Gasteiger partial charge in [0.15, 0.2) is 0 Å². The third-order valence-electron chi connectivity index (χ3n) is 2.38. The van der Waals surface area contributed by atoms with E-state index in [4.69, 9.17) is 4.74 Å². The molecule has 0 atom stereocenters. The number of hydrogen-bond acceptors (Lipinski definition) is 2. The van der Waals surface area contributed by atoms with Gasteiger partial charge in [-0.25, -0.2) is 4.79 Å². The molecule has 0 heterocycles. The highest BCUT2D eigenvalue weighted by molar-refractivity contribution is 6.33. The van der Waals surface area contributed by atoms with Crippen molar-refractivity contribution in [3.05, 3.63) is 41.5 Å². The lowest BCUT2D eigenvalue weighted by atomic mass is 9.88. The van der Waals surface area contributed by atoms with Gasteiger partial charge >= 0.3 is 5.97 Å². The average Bonchev–Trinajstić information content (AvgIpc) is 2.21. The van der Waals surface area contributed by atoms with Gasteiger partial charge in [0.1, 0.15) is 7.85 Å². The number of hydrogen-bond donors (Lipinski definition) is 0. The molecule has 2 nitrogen and oxygen atoms in total. The first-order valence-corrected chi connectivity index (χ1v) is 5.52. The van der Waals surface area contributed by atoms with Crippen LogP contribution in [0.5, 0.6) is 0 Å². The van der Waals surface area contributed by atoms with Crippen LogP contribution >= 0.6 is 0 Å². The highest BCUT2D eigenvalue weighted by atomic mass is 16.5. The second-order valence-corrected chi connectivity index (χ2v) is 3.85. The summed E-state index contributed by atoms with van der Waals surface area (Å²) in [4.78, 5) is 11.2. The largest absolute Gasteiger partial charge is 0.463 e. The third kappa shape index (κ3) is 3.93. The van der Waals surface area contributed by atoms with E-state index in [1.54, 1.807) is 6.08 Å². The van der Waals surface area contributed by atoms with Crippen LogP contribution in [0.1, 0.15) is 19.4 Å². The van der Waals surface area contributed by atoms with Gasteiger partial charge in [-0.1, -0.05) is 40.9 Å². The van der Waals surface area contributed by atoms with Crippen molar-refractivity contribution in [1.82, 2.24) is 0 Å². The van der Waals surface area contributed by atoms with Gasteiger partial charge in [-0.05, 0) is 20.3 Å². The molecule has 3 heteroatoms. The Bertz CT molecular complexity index is 397. The molecule has 0 aliphatic carbocycles. The van der Waals surface area contributed by atoms with E-state index >= 15 is 0 Å². The van der Waals surface area contributed by atoms with Crippen LogP contribution in [-0.4, -0.2) is 20.4 Å². The highest BCUT2D eigenvalue weighted by Crippen LogP contribution is 2.05. The minimum Gasteiger partial charge on any atom is -0.463 e. The summed E-state index contributed by atoms with van der Waals surface area (Å²) in [6.07, 6.45) is 2.36. The Morgan fingerprint density at radius 2 is 2.12 bits per heavy atom. The maximum atomic E-state index is 11.2. The van der Waals surface area contributed by atoms with Crippen LogP contribution in [0.2, 0.25) is 0 Å². The summed E-state index contributed by atoms with van der Waals surface area (Å²) >= 11 is 0. The summed E-state index contributed by atoms with van der Waals surface area (Å²) in [5.74, 6) is -0.256. The molecule has 0 unspecified atom stereocenters. The van der Waals surface area contributed by atoms with Crippen molar-refractivity contribution in [1.29, 1.82) is 0 Å². The molecular formula is C13H17BO2. The molecule has 0 aliphatic heterocycles. The molecule has 0 amide bonds. The van der Waals surface area contributed by atoms with Crippen molar-refractivity contribution in [2.24, 2.45) is 0 Å². The predicted molar refractivity (Wildman–Crippen MR) is 68.7 cm³/mol. The first-order valence-electron chi connectivity index (χ1n) is 5.52. The summed E-state index contributed by atoms with van der Waals surface area (Å²) in [6.45, 7) is 4.18. The van der Waals surface area contributed by atoms with Crippen LogP contribution in [0.4, 0.5) is 0 Å². The lowest BCUT2D eigenvalue weighted by Crippen LogP contribution is -2.10. The molecule has 0 saturated carbocycles. The lowest BCUT2D eigenvalue weighted by Gasteiger charge is -2.05. The Kier molecular flexibility index (Phi) is 4.84. The molecule has 0 aromatic heterocycles. The fraction of sp³-hybridized carbons (Fsp3) is 0.308. The monoisotopic (exact) mass is 216 g/mol. The van der Waals surface area contributed by atoms with Crippen molar-refractivity contribution < 1.29 is 9.53 Å². The van der Waals surface area contributed by atoms with Gasteiger partial charge in [0, 0.05) is 6.08 Å². The van der Waals surface area contributed by atoms with Gasteiger partial charge in [0.2, 0.25) is 0 Å². The van der Waals surface area contributed by atoms with Crippen molar-refractivity contribution >= 4 is 19.3 Å². The Hall–Kier alpha value is -1.51. The Labute approximate surface area is 97.7 Å². The van der Waals surface area contributed by atoms with E-state index in [0.29, 0.717) is 6.61 Å². The van der Waals surface area contributed by atoms with Crippen LogP contribution in [0.3, 0.4) is 0 Å². The fourth-order valence-corrected chi connectivity index (χ4v) is 1.54. The van der Waals surface area contributed by atoms with E-state index in [0.717, 1.165) is 12.0 Å². The molecule has 1 rings (SSSR count). The first kappa shape index (κ1) is 12.6. The molecule has 16 heavy (non-hydrogen) atoms. The quantitative estimate of drug-likeness (QED) is 0.426. The highest BCUT2D eigenvalue weighted by Gasteiger charge is 2.01. The zero-order valence-electron chi connectivity index (χ0n) is 10.1. The van der Waals surface area contributed by atoms with Crippen molar-refractivity contribution in [2.75, 3.05) is 6.61 Å². The molecule has 0 fully saturated rings. The second-order valence-electron chi connectivity index (χ2n) is 3.85. The molecular weight excluding hydrogens is 199 g/mol. The van der Waals surface area contributed by atoms with Gasteiger partial charge in [0.05, 0.1) is 6.61 Å². The molecule has 0 spiro atoms. The molecule has 1 aromatic rings. The lowest BCUT2D eigenvalue weighted by molar-refractivity contribution is -0.137. The van der Waals surface area contributed by atoms with Crippen LogP contribution in [0.25, 0.3) is 0 Å². The Morgan fingerprint density at radius 1 is 1.44 bits per heavy atom. The first-order chi connectivity index (χ1) is 7.63. The third-order valence-corrected chi connectivity index (χ3v) is 2.38. The predicted octanol–water partition coefficient (Wildman–Crippen LogP) is 0.997. The minimum atomic E-state index is -0.256. The van der Waals surface area contributed by atoms with E-state index in [1.807, 2.05) is 26.0 Å². The molecule has 0 saturated heterocycles. The van der Waals surface area contributed by atoms with Crippen LogP contribution in [0.15, 0.2) is 35.9 Å². The zero-order chi connectivity index (χ0) is 12.0. The fourth-order valence-electron chi connectivity index (χ4n) is 1.54. The van der Waals surface area contributed by atoms with E-state index in [-0.39, 0.29) is 5.97 Å². The smallest absolute Gasteiger partial charge is 0.330 e. The molecule has 0 N–H and O–H groups in total. The van der Waals surface area contributed by atoms with Crippen LogP contribution in [0, 0.1) is 0 Å². The number of carbonyl (C=O) groups is 1. The minimum absolute atomic E-state index is 0.256. The van der Waals surface area contributed by atoms with E-state index in [2.05, 4.69) is 20.0 Å². The number of benzene rings is 1. The number of rotatable bonds is 4. The summed E-state index contributed by atoms with van der Waals surface area (Å²) in [5, 5.41) is 0. The second kappa shape index (κ2) is 6.16. The van der Waals surface area contributed by atoms with Gasteiger partial charge in [0.25, 0.3) is 0 Å². The molecule has 0 bridgehead atoms. The Morgan fingerprint density at radius 3 is 2.75 bits per heavy atom. The number of carbonyl (C=O) groups excluding carboxylic acids is 1. The summed E-state index contributed by atoms with van der Waals surface area (Å²) in [7, 11) is 2.08. The summed E-state index contributed by atoms with van der Waals surface area (Å²) in [6, 6.07) is 8.19. The van der Waals surface area contributed by atoms with Gasteiger partial charge < -0.3 is 4.74 Å². The van der Waals surface area contributed by atoms with Crippen molar-refractivity contribution in [3.8, 4) is 0 Å². The van der Waals surface area contributed by atoms with Crippen LogP contribution < -0.4 is 5.46 Å². The average molecular weight is 216 g/mol. The van der Waals surface area contributed by atoms with E-state index in [1.165, 1.54) is 11.0 Å². The molecule has 0 radical (unpaired) electrons. The maximum absolute atomic E-state index is 11.2. The summed E-state index contributed by atoms with van der Waals surface area (Å²) in [5.41, 5.74) is 3.52. The molecule has 1 aromatic carbocycles.